The standard InChI is InChI=1S/C19H29N3O2/c1-13-14(2)20-12-21-18(13)22-9-8-19(23-3)7-6-16(10-17(19)22)24-11-15-4-5-15/h12,15-17H,4-11H2,1-3H3. The zero-order chi connectivity index (χ0) is 16.7. The molecule has 5 heteroatoms. The fourth-order valence-electron chi connectivity index (χ4n) is 4.44. The SMILES string of the molecule is COC12CCC(OCC3CC3)CC1N(c1ncnc(C)c1C)CC2. The summed E-state index contributed by atoms with van der Waals surface area (Å²) in [6.07, 6.45) is 9.08. The van der Waals surface area contributed by atoms with Gasteiger partial charge in [0, 0.05) is 31.5 Å². The molecule has 1 saturated heterocycles. The van der Waals surface area contributed by atoms with E-state index in [1.54, 1.807) is 6.33 Å². The van der Waals surface area contributed by atoms with Crippen LogP contribution < -0.4 is 4.90 Å². The number of methoxy groups -OCH3 is 1. The Morgan fingerprint density at radius 2 is 2.04 bits per heavy atom. The summed E-state index contributed by atoms with van der Waals surface area (Å²) in [7, 11) is 1.87. The van der Waals surface area contributed by atoms with Crippen molar-refractivity contribution in [1.29, 1.82) is 0 Å². The molecule has 0 bridgehead atoms. The van der Waals surface area contributed by atoms with E-state index < -0.39 is 0 Å². The van der Waals surface area contributed by atoms with E-state index in [4.69, 9.17) is 9.47 Å². The highest BCUT2D eigenvalue weighted by molar-refractivity contribution is 5.51. The first kappa shape index (κ1) is 16.3. The molecule has 2 saturated carbocycles. The van der Waals surface area contributed by atoms with E-state index in [9.17, 15) is 0 Å². The molecule has 1 aromatic rings. The summed E-state index contributed by atoms with van der Waals surface area (Å²) in [4.78, 5) is 11.4. The predicted molar refractivity (Wildman–Crippen MR) is 93.3 cm³/mol. The summed E-state index contributed by atoms with van der Waals surface area (Å²) >= 11 is 0. The van der Waals surface area contributed by atoms with Crippen LogP contribution >= 0.6 is 0 Å². The molecule has 2 heterocycles. The van der Waals surface area contributed by atoms with Crippen molar-refractivity contribution in [3.8, 4) is 0 Å². The molecule has 4 rings (SSSR count). The number of ether oxygens (including phenoxy) is 2. The van der Waals surface area contributed by atoms with Gasteiger partial charge in [-0.2, -0.15) is 0 Å². The maximum Gasteiger partial charge on any atom is 0.135 e. The van der Waals surface area contributed by atoms with E-state index in [1.807, 2.05) is 7.11 Å². The van der Waals surface area contributed by atoms with Crippen LogP contribution in [-0.2, 0) is 9.47 Å². The molecule has 3 atom stereocenters. The van der Waals surface area contributed by atoms with Gasteiger partial charge in [0.15, 0.2) is 0 Å². The quantitative estimate of drug-likeness (QED) is 0.830. The Morgan fingerprint density at radius 1 is 1.21 bits per heavy atom. The van der Waals surface area contributed by atoms with Crippen LogP contribution in [0.15, 0.2) is 6.33 Å². The number of hydrogen-bond donors (Lipinski definition) is 0. The molecule has 5 nitrogen and oxygen atoms in total. The van der Waals surface area contributed by atoms with Crippen molar-refractivity contribution >= 4 is 5.82 Å². The molecule has 1 aliphatic heterocycles. The first-order valence-electron chi connectivity index (χ1n) is 9.34. The highest BCUT2D eigenvalue weighted by Crippen LogP contribution is 2.45. The van der Waals surface area contributed by atoms with Crippen LogP contribution in [0.1, 0.15) is 49.8 Å². The Balaban J connectivity index is 1.55. The van der Waals surface area contributed by atoms with Gasteiger partial charge in [0.05, 0.1) is 17.7 Å². The molecule has 132 valence electrons. The first-order valence-corrected chi connectivity index (χ1v) is 9.34. The van der Waals surface area contributed by atoms with E-state index in [0.717, 1.165) is 56.3 Å². The fraction of sp³-hybridized carbons (Fsp3) is 0.789. The minimum atomic E-state index is -0.0370. The summed E-state index contributed by atoms with van der Waals surface area (Å²) in [6, 6.07) is 0.355. The molecule has 0 spiro atoms. The zero-order valence-corrected chi connectivity index (χ0v) is 15.1. The monoisotopic (exact) mass is 331 g/mol. The topological polar surface area (TPSA) is 47.5 Å². The lowest BCUT2D eigenvalue weighted by Gasteiger charge is -2.44. The van der Waals surface area contributed by atoms with Gasteiger partial charge in [0.2, 0.25) is 0 Å². The first-order chi connectivity index (χ1) is 11.6. The molecular weight excluding hydrogens is 302 g/mol. The van der Waals surface area contributed by atoms with Crippen molar-refractivity contribution in [3.05, 3.63) is 17.6 Å². The van der Waals surface area contributed by atoms with Crippen LogP contribution in [0.2, 0.25) is 0 Å². The number of aromatic nitrogens is 2. The number of anilines is 1. The van der Waals surface area contributed by atoms with E-state index >= 15 is 0 Å². The van der Waals surface area contributed by atoms with Crippen molar-refractivity contribution in [3.63, 3.8) is 0 Å². The average molecular weight is 331 g/mol. The lowest BCUT2D eigenvalue weighted by atomic mass is 9.79. The van der Waals surface area contributed by atoms with Crippen molar-refractivity contribution in [1.82, 2.24) is 9.97 Å². The third-order valence-electron chi connectivity index (χ3n) is 6.39. The van der Waals surface area contributed by atoms with Crippen molar-refractivity contribution in [2.45, 2.75) is 70.1 Å². The third-order valence-corrected chi connectivity index (χ3v) is 6.39. The Kier molecular flexibility index (Phi) is 4.25. The molecule has 1 aromatic heterocycles. The molecule has 0 N–H and O–H groups in total. The molecule has 2 aliphatic carbocycles. The lowest BCUT2D eigenvalue weighted by molar-refractivity contribution is -0.0817. The third kappa shape index (κ3) is 2.82. The minimum Gasteiger partial charge on any atom is -0.378 e. The molecule has 0 aromatic carbocycles. The van der Waals surface area contributed by atoms with Crippen LogP contribution in [0.5, 0.6) is 0 Å². The Morgan fingerprint density at radius 3 is 2.79 bits per heavy atom. The average Bonchev–Trinajstić information content (AvgIpc) is 3.35. The summed E-state index contributed by atoms with van der Waals surface area (Å²) in [5.74, 6) is 1.90. The van der Waals surface area contributed by atoms with Gasteiger partial charge >= 0.3 is 0 Å². The largest absolute Gasteiger partial charge is 0.378 e. The van der Waals surface area contributed by atoms with Gasteiger partial charge in [-0.05, 0) is 58.3 Å². The molecule has 3 aliphatic rings. The molecule has 0 amide bonds. The molecule has 24 heavy (non-hydrogen) atoms. The molecule has 3 fully saturated rings. The second kappa shape index (κ2) is 6.26. The molecule has 0 radical (unpaired) electrons. The van der Waals surface area contributed by atoms with Gasteiger partial charge in [0.25, 0.3) is 0 Å². The number of aryl methyl sites for hydroxylation is 1. The van der Waals surface area contributed by atoms with Crippen molar-refractivity contribution < 1.29 is 9.47 Å². The van der Waals surface area contributed by atoms with Crippen molar-refractivity contribution in [2.24, 2.45) is 5.92 Å². The van der Waals surface area contributed by atoms with Gasteiger partial charge in [0.1, 0.15) is 12.1 Å². The number of fused-ring (bicyclic) bond motifs is 1. The number of hydrogen-bond acceptors (Lipinski definition) is 5. The van der Waals surface area contributed by atoms with E-state index in [-0.39, 0.29) is 5.60 Å². The zero-order valence-electron chi connectivity index (χ0n) is 15.1. The second-order valence-electron chi connectivity index (χ2n) is 7.81. The Bertz CT molecular complexity index is 604. The van der Waals surface area contributed by atoms with Gasteiger partial charge in [-0.3, -0.25) is 0 Å². The van der Waals surface area contributed by atoms with Crippen LogP contribution in [0.25, 0.3) is 0 Å². The summed E-state index contributed by atoms with van der Waals surface area (Å²) in [6.45, 7) is 6.14. The fourth-order valence-corrected chi connectivity index (χ4v) is 4.44. The van der Waals surface area contributed by atoms with E-state index in [2.05, 4.69) is 28.7 Å². The number of rotatable bonds is 5. The van der Waals surface area contributed by atoms with Gasteiger partial charge in [-0.25, -0.2) is 9.97 Å². The summed E-state index contributed by atoms with van der Waals surface area (Å²) in [5, 5.41) is 0. The Labute approximate surface area is 144 Å². The summed E-state index contributed by atoms with van der Waals surface area (Å²) in [5.41, 5.74) is 2.21. The molecule has 3 unspecified atom stereocenters. The van der Waals surface area contributed by atoms with Crippen LogP contribution in [-0.4, -0.2) is 48.0 Å². The van der Waals surface area contributed by atoms with Crippen LogP contribution in [0.4, 0.5) is 5.82 Å². The maximum atomic E-state index is 6.23. The smallest absolute Gasteiger partial charge is 0.135 e. The second-order valence-corrected chi connectivity index (χ2v) is 7.81. The highest BCUT2D eigenvalue weighted by Gasteiger charge is 2.52. The normalized spacial score (nSPS) is 32.9. The van der Waals surface area contributed by atoms with Crippen LogP contribution in [0, 0.1) is 19.8 Å². The maximum absolute atomic E-state index is 6.23. The molecular formula is C19H29N3O2. The van der Waals surface area contributed by atoms with Gasteiger partial charge in [-0.15, -0.1) is 0 Å². The Hall–Kier alpha value is -1.20. The lowest BCUT2D eigenvalue weighted by Crippen LogP contribution is -2.52. The van der Waals surface area contributed by atoms with Gasteiger partial charge < -0.3 is 14.4 Å². The summed E-state index contributed by atoms with van der Waals surface area (Å²) < 4.78 is 12.3. The van der Waals surface area contributed by atoms with E-state index in [0.29, 0.717) is 12.1 Å². The van der Waals surface area contributed by atoms with E-state index in [1.165, 1.54) is 18.4 Å². The predicted octanol–water partition coefficient (Wildman–Crippen LogP) is 3.04. The minimum absolute atomic E-state index is 0.0370. The highest BCUT2D eigenvalue weighted by atomic mass is 16.5. The van der Waals surface area contributed by atoms with Crippen molar-refractivity contribution in [2.75, 3.05) is 25.2 Å². The number of nitrogens with zero attached hydrogens (tertiary/aromatic N) is 3. The van der Waals surface area contributed by atoms with Crippen LogP contribution in [0.3, 0.4) is 0 Å². The van der Waals surface area contributed by atoms with Gasteiger partial charge in [-0.1, -0.05) is 0 Å².